The van der Waals surface area contributed by atoms with Crippen molar-refractivity contribution in [3.63, 3.8) is 0 Å². The maximum atomic E-state index is 11.3. The van der Waals surface area contributed by atoms with E-state index in [1.807, 2.05) is 66.7 Å². The van der Waals surface area contributed by atoms with Gasteiger partial charge in [-0.05, 0) is 12.1 Å². The number of methoxy groups -OCH3 is 2. The van der Waals surface area contributed by atoms with Crippen LogP contribution >= 0.6 is 0 Å². The molecule has 0 atom stereocenters. The molecule has 1 amide bonds. The second-order valence-electron chi connectivity index (χ2n) is 10.2. The summed E-state index contributed by atoms with van der Waals surface area (Å²) in [6, 6.07) is 37.0. The van der Waals surface area contributed by atoms with Crippen molar-refractivity contribution in [2.75, 3.05) is 20.0 Å². The number of anilines is 1. The minimum atomic E-state index is -0.523. The molecule has 55 heavy (non-hydrogen) atoms. The Balaban J connectivity index is 0.000000346. The number of primary amides is 1. The van der Waals surface area contributed by atoms with Crippen molar-refractivity contribution in [2.45, 2.75) is 24.1 Å². The van der Waals surface area contributed by atoms with E-state index >= 15 is 0 Å². The molecule has 0 aliphatic heterocycles. The first-order chi connectivity index (χ1) is 26.5. The SMILES string of the molecule is COC(=O)c1ccccc1N.COC(=O)c1ccccc1[Se]C(N)=O.C[Se]c1ccccc1C=O.C[Se]c1ccccc1C=O.C[Se]c1ccccc1CO. The van der Waals surface area contributed by atoms with E-state index in [-0.39, 0.29) is 6.61 Å². The number of aliphatic hydroxyl groups excluding tert-OH is 1. The summed E-state index contributed by atoms with van der Waals surface area (Å²) in [6.07, 6.45) is 1.83. The van der Waals surface area contributed by atoms with Crippen LogP contribution in [0, 0.1) is 0 Å². The van der Waals surface area contributed by atoms with Crippen LogP contribution in [0.4, 0.5) is 10.5 Å². The van der Waals surface area contributed by atoms with Crippen LogP contribution in [0.2, 0.25) is 17.5 Å². The Morgan fingerprint density at radius 1 is 0.582 bits per heavy atom. The molecule has 5 N–H and O–H groups in total. The van der Waals surface area contributed by atoms with Crippen molar-refractivity contribution < 1.29 is 38.6 Å². The summed E-state index contributed by atoms with van der Waals surface area (Å²) in [5.41, 5.74) is 14.6. The third-order valence-corrected chi connectivity index (χ3v) is 13.6. The fraction of sp³-hybridized carbons (Fsp3) is 0.146. The first-order valence-electron chi connectivity index (χ1n) is 16.0. The summed E-state index contributed by atoms with van der Waals surface area (Å²) in [5, 5.41) is 8.86. The fourth-order valence-corrected chi connectivity index (χ4v) is 9.06. The summed E-state index contributed by atoms with van der Waals surface area (Å²) in [4.78, 5) is 53.3. The minimum absolute atomic E-state index is 0.172. The maximum absolute atomic E-state index is 11.3. The number of hydrogen-bond donors (Lipinski definition) is 3. The van der Waals surface area contributed by atoms with Crippen molar-refractivity contribution in [3.05, 3.63) is 149 Å². The van der Waals surface area contributed by atoms with Crippen LogP contribution in [0.5, 0.6) is 0 Å². The van der Waals surface area contributed by atoms with E-state index in [2.05, 4.69) is 33.0 Å². The molecule has 5 rings (SSSR count). The molecule has 0 aromatic heterocycles. The zero-order valence-corrected chi connectivity index (χ0v) is 37.9. The van der Waals surface area contributed by atoms with Crippen LogP contribution in [-0.4, -0.2) is 108 Å². The average Bonchev–Trinajstić information content (AvgIpc) is 3.24. The topological polar surface area (TPSA) is 176 Å². The Hall–Kier alpha value is -4.31. The summed E-state index contributed by atoms with van der Waals surface area (Å²) < 4.78 is 13.4. The van der Waals surface area contributed by atoms with E-state index in [4.69, 9.17) is 16.6 Å². The second-order valence-corrected chi connectivity index (χ2v) is 17.7. The number of amides is 1. The van der Waals surface area contributed by atoms with E-state index in [0.29, 0.717) is 66.1 Å². The number of carbonyl (C=O) groups excluding carboxylic acids is 5. The van der Waals surface area contributed by atoms with Gasteiger partial charge in [0.25, 0.3) is 0 Å². The molecule has 0 radical (unpaired) electrons. The Labute approximate surface area is 347 Å². The van der Waals surface area contributed by atoms with Gasteiger partial charge in [0.1, 0.15) is 0 Å². The van der Waals surface area contributed by atoms with Gasteiger partial charge in [-0.1, -0.05) is 12.1 Å². The molecule has 0 saturated carbocycles. The standard InChI is InChI=1S/C9H9NO3Se.C8H9NO2.C8H10OSe.2C8H8OSe/c1-13-8(11)6-4-2-3-5-7(6)14-9(10)12;1-11-8(10)6-4-2-3-5-7(6)9;3*1-10-8-5-3-2-4-7(8)6-9/h2-5H,1H3,(H2,10,12);2-5H,9H2,1H3;2-5,9H,6H2,1H3;2*2-6H,1H3. The van der Waals surface area contributed by atoms with E-state index in [0.717, 1.165) is 29.3 Å². The van der Waals surface area contributed by atoms with Crippen LogP contribution in [-0.2, 0) is 16.1 Å². The molecule has 5 aromatic rings. The Kier molecular flexibility index (Phi) is 25.7. The van der Waals surface area contributed by atoms with Gasteiger partial charge < -0.3 is 10.5 Å². The van der Waals surface area contributed by atoms with Gasteiger partial charge >= 0.3 is 292 Å². The van der Waals surface area contributed by atoms with Gasteiger partial charge in [-0.3, -0.25) is 0 Å². The number of hydrogen-bond acceptors (Lipinski definition) is 9. The summed E-state index contributed by atoms with van der Waals surface area (Å²) in [6.45, 7) is 0.172. The van der Waals surface area contributed by atoms with E-state index in [9.17, 15) is 24.0 Å². The zero-order valence-electron chi connectivity index (χ0n) is 31.0. The molecule has 5 aromatic carbocycles. The number of rotatable bonds is 10. The Bertz CT molecular complexity index is 1890. The summed E-state index contributed by atoms with van der Waals surface area (Å²) in [5.74, 6) is 5.53. The van der Waals surface area contributed by atoms with Crippen LogP contribution in [0.15, 0.2) is 121 Å². The number of benzene rings is 5. The zero-order chi connectivity index (χ0) is 41.0. The Morgan fingerprint density at radius 3 is 1.35 bits per heavy atom. The third kappa shape index (κ3) is 18.2. The van der Waals surface area contributed by atoms with Gasteiger partial charge in [0.2, 0.25) is 0 Å². The van der Waals surface area contributed by atoms with E-state index in [1.54, 1.807) is 48.5 Å². The van der Waals surface area contributed by atoms with Crippen LogP contribution < -0.4 is 29.3 Å². The quantitative estimate of drug-likeness (QED) is 0.0822. The van der Waals surface area contributed by atoms with Crippen molar-refractivity contribution in [3.8, 4) is 0 Å². The van der Waals surface area contributed by atoms with Crippen molar-refractivity contribution in [2.24, 2.45) is 5.73 Å². The van der Waals surface area contributed by atoms with Crippen LogP contribution in [0.3, 0.4) is 0 Å². The van der Waals surface area contributed by atoms with Crippen molar-refractivity contribution >= 4 is 113 Å². The molecule has 0 aliphatic rings. The van der Waals surface area contributed by atoms with E-state index < -0.39 is 31.7 Å². The normalized spacial score (nSPS) is 9.42. The predicted molar refractivity (Wildman–Crippen MR) is 225 cm³/mol. The number of aldehydes is 2. The van der Waals surface area contributed by atoms with E-state index in [1.165, 1.54) is 27.6 Å². The molecule has 14 heteroatoms. The number of aliphatic hydroxyl groups is 1. The molecule has 290 valence electrons. The summed E-state index contributed by atoms with van der Waals surface area (Å²) in [7, 11) is 2.63. The number of nitrogen functional groups attached to an aromatic ring is 1. The van der Waals surface area contributed by atoms with Gasteiger partial charge in [-0.15, -0.1) is 0 Å². The second kappa shape index (κ2) is 29.0. The van der Waals surface area contributed by atoms with Crippen molar-refractivity contribution in [1.82, 2.24) is 0 Å². The first kappa shape index (κ1) is 48.7. The number of carbonyl (C=O) groups is 5. The molecule has 0 saturated heterocycles. The average molecular weight is 1010 g/mol. The number of esters is 2. The molecule has 0 heterocycles. The third-order valence-electron chi connectivity index (χ3n) is 6.76. The van der Waals surface area contributed by atoms with Gasteiger partial charge in [0.05, 0.1) is 12.7 Å². The van der Waals surface area contributed by atoms with Gasteiger partial charge in [-0.25, -0.2) is 4.79 Å². The molecular formula is C41H44N2O8Se4. The molecule has 0 spiro atoms. The summed E-state index contributed by atoms with van der Waals surface area (Å²) >= 11 is 0.832. The first-order valence-corrected chi connectivity index (χ1v) is 25.4. The number of para-hydroxylation sites is 1. The monoisotopic (exact) mass is 1010 g/mol. The van der Waals surface area contributed by atoms with Gasteiger partial charge in [-0.2, -0.15) is 0 Å². The van der Waals surface area contributed by atoms with Gasteiger partial charge in [0.15, 0.2) is 0 Å². The van der Waals surface area contributed by atoms with Crippen LogP contribution in [0.25, 0.3) is 0 Å². The molecule has 0 aliphatic carbocycles. The number of nitrogens with two attached hydrogens (primary N) is 2. The molecule has 0 fully saturated rings. The Morgan fingerprint density at radius 2 is 0.964 bits per heavy atom. The molecule has 0 unspecified atom stereocenters. The van der Waals surface area contributed by atoms with Crippen molar-refractivity contribution in [1.29, 1.82) is 0 Å². The molecule has 0 bridgehead atoms. The molecular weight excluding hydrogens is 964 g/mol. The van der Waals surface area contributed by atoms with Crippen LogP contribution in [0.1, 0.15) is 47.0 Å². The van der Waals surface area contributed by atoms with Gasteiger partial charge in [0, 0.05) is 5.69 Å². The predicted octanol–water partition coefficient (Wildman–Crippen LogP) is 3.25. The fourth-order valence-electron chi connectivity index (χ4n) is 4.10. The number of ether oxygens (including phenoxy) is 2. The molecule has 10 nitrogen and oxygen atoms in total.